The lowest BCUT2D eigenvalue weighted by Crippen LogP contribution is -2.36. The molecule has 3 rings (SSSR count). The van der Waals surface area contributed by atoms with Crippen molar-refractivity contribution in [1.29, 1.82) is 0 Å². The van der Waals surface area contributed by atoms with Crippen LogP contribution in [0.5, 0.6) is 0 Å². The van der Waals surface area contributed by atoms with Gasteiger partial charge in [0.2, 0.25) is 18.0 Å². The number of hydrazone groups is 1. The summed E-state index contributed by atoms with van der Waals surface area (Å²) in [5.74, 6) is 0.280. The lowest BCUT2D eigenvalue weighted by Gasteiger charge is -2.19. The molecule has 6 nitrogen and oxygen atoms in total. The largest absolute Gasteiger partial charge is 0.448 e. The Bertz CT molecular complexity index is 767. The fraction of sp³-hybridized carbons (Fsp3) is 0.312. The van der Waals surface area contributed by atoms with Gasteiger partial charge in [-0.3, -0.25) is 9.48 Å². The van der Waals surface area contributed by atoms with Crippen molar-refractivity contribution in [2.45, 2.75) is 33.5 Å². The summed E-state index contributed by atoms with van der Waals surface area (Å²) in [5.41, 5.74) is 2.78. The van der Waals surface area contributed by atoms with Crippen LogP contribution in [0.2, 0.25) is 0 Å². The normalized spacial score (nSPS) is 17.1. The predicted molar refractivity (Wildman–Crippen MR) is 89.8 cm³/mol. The van der Waals surface area contributed by atoms with Crippen molar-refractivity contribution in [3.63, 3.8) is 0 Å². The first kappa shape index (κ1) is 15.7. The molecule has 2 aromatic rings. The summed E-state index contributed by atoms with van der Waals surface area (Å²) >= 11 is 3.40. The predicted octanol–water partition coefficient (Wildman–Crippen LogP) is 2.83. The molecule has 0 aliphatic carbocycles. The molecule has 1 aromatic carbocycles. The fourth-order valence-corrected chi connectivity index (χ4v) is 2.74. The molecule has 0 radical (unpaired) electrons. The molecule has 1 aliphatic heterocycles. The molecular formula is C16H17BrN4O2. The topological polar surface area (TPSA) is 59.7 Å². The molecule has 0 saturated heterocycles. The third kappa shape index (κ3) is 3.29. The molecule has 0 N–H and O–H groups in total. The van der Waals surface area contributed by atoms with Crippen molar-refractivity contribution in [1.82, 2.24) is 14.8 Å². The average Bonchev–Trinajstić information content (AvgIpc) is 3.04. The van der Waals surface area contributed by atoms with Crippen LogP contribution in [0.4, 0.5) is 0 Å². The van der Waals surface area contributed by atoms with E-state index in [0.717, 1.165) is 21.4 Å². The first-order chi connectivity index (χ1) is 10.9. The lowest BCUT2D eigenvalue weighted by molar-refractivity contribution is -0.135. The van der Waals surface area contributed by atoms with E-state index in [4.69, 9.17) is 4.74 Å². The first-order valence-electron chi connectivity index (χ1n) is 7.26. The van der Waals surface area contributed by atoms with E-state index in [1.54, 1.807) is 0 Å². The zero-order chi connectivity index (χ0) is 16.6. The van der Waals surface area contributed by atoms with Gasteiger partial charge in [-0.1, -0.05) is 15.9 Å². The van der Waals surface area contributed by atoms with Crippen LogP contribution in [0.15, 0.2) is 39.9 Å². The fourth-order valence-electron chi connectivity index (χ4n) is 2.48. The summed E-state index contributed by atoms with van der Waals surface area (Å²) in [6.07, 6.45) is -0.496. The smallest absolute Gasteiger partial charge is 0.243 e. The van der Waals surface area contributed by atoms with Gasteiger partial charge < -0.3 is 4.74 Å². The molecule has 1 aliphatic rings. The second-order valence-corrected chi connectivity index (χ2v) is 6.37. The summed E-state index contributed by atoms with van der Waals surface area (Å²) < 4.78 is 8.71. The van der Waals surface area contributed by atoms with E-state index in [1.165, 1.54) is 11.9 Å². The second kappa shape index (κ2) is 6.16. The number of nitrogens with zero attached hydrogens (tertiary/aromatic N) is 4. The second-order valence-electron chi connectivity index (χ2n) is 5.46. The maximum absolute atomic E-state index is 11.9. The minimum atomic E-state index is -0.496. The number of amides is 1. The van der Waals surface area contributed by atoms with E-state index in [-0.39, 0.29) is 5.91 Å². The molecule has 2 heterocycles. The monoisotopic (exact) mass is 376 g/mol. The molecule has 0 fully saturated rings. The Morgan fingerprint density at radius 1 is 1.30 bits per heavy atom. The van der Waals surface area contributed by atoms with Gasteiger partial charge in [0, 0.05) is 22.7 Å². The van der Waals surface area contributed by atoms with Crippen molar-refractivity contribution in [2.75, 3.05) is 0 Å². The molecule has 7 heteroatoms. The van der Waals surface area contributed by atoms with Gasteiger partial charge in [0.15, 0.2) is 0 Å². The Balaban J connectivity index is 1.84. The van der Waals surface area contributed by atoms with E-state index in [0.29, 0.717) is 12.4 Å². The Morgan fingerprint density at radius 3 is 2.57 bits per heavy atom. The molecular weight excluding hydrogens is 360 g/mol. The van der Waals surface area contributed by atoms with E-state index < -0.39 is 6.23 Å². The number of aryl methyl sites for hydroxylation is 2. The van der Waals surface area contributed by atoms with Gasteiger partial charge in [-0.2, -0.15) is 10.1 Å². The van der Waals surface area contributed by atoms with Crippen LogP contribution >= 0.6 is 15.9 Å². The van der Waals surface area contributed by atoms with E-state index in [2.05, 4.69) is 26.1 Å². The number of rotatable bonds is 3. The summed E-state index contributed by atoms with van der Waals surface area (Å²) in [6.45, 7) is 5.82. The number of ether oxygens (including phenoxy) is 1. The minimum Gasteiger partial charge on any atom is -0.448 e. The van der Waals surface area contributed by atoms with Crippen LogP contribution in [0, 0.1) is 13.8 Å². The van der Waals surface area contributed by atoms with Gasteiger partial charge >= 0.3 is 0 Å². The van der Waals surface area contributed by atoms with Crippen LogP contribution in [0.3, 0.4) is 0 Å². The van der Waals surface area contributed by atoms with Crippen LogP contribution in [0.1, 0.15) is 23.9 Å². The van der Waals surface area contributed by atoms with Gasteiger partial charge in [0.25, 0.3) is 0 Å². The average molecular weight is 377 g/mol. The number of halogens is 1. The first-order valence-corrected chi connectivity index (χ1v) is 8.05. The Kier molecular flexibility index (Phi) is 4.21. The highest BCUT2D eigenvalue weighted by Gasteiger charge is 2.32. The summed E-state index contributed by atoms with van der Waals surface area (Å²) in [4.78, 5) is 11.9. The van der Waals surface area contributed by atoms with Gasteiger partial charge in [-0.05, 0) is 44.2 Å². The number of carbonyl (C=O) groups is 1. The van der Waals surface area contributed by atoms with Crippen LogP contribution in [0.25, 0.3) is 0 Å². The maximum atomic E-state index is 11.9. The molecule has 1 unspecified atom stereocenters. The van der Waals surface area contributed by atoms with Crippen LogP contribution < -0.4 is 0 Å². The van der Waals surface area contributed by atoms with Gasteiger partial charge in [0.1, 0.15) is 0 Å². The number of aromatic nitrogens is 2. The van der Waals surface area contributed by atoms with Crippen LogP contribution in [-0.4, -0.2) is 32.8 Å². The van der Waals surface area contributed by atoms with Crippen molar-refractivity contribution >= 4 is 27.7 Å². The summed E-state index contributed by atoms with van der Waals surface area (Å²) in [5, 5.41) is 10.1. The minimum absolute atomic E-state index is 0.163. The van der Waals surface area contributed by atoms with Gasteiger partial charge in [0.05, 0.1) is 12.2 Å². The van der Waals surface area contributed by atoms with E-state index in [1.807, 2.05) is 48.9 Å². The van der Waals surface area contributed by atoms with E-state index in [9.17, 15) is 4.79 Å². The van der Waals surface area contributed by atoms with Crippen molar-refractivity contribution in [3.8, 4) is 0 Å². The Hall–Kier alpha value is -2.15. The number of carbonyl (C=O) groups excluding carboxylic acids is 1. The SMILES string of the molecule is CC(=O)N1N=C(c2ccc(Br)cc2)OC1Cn1nc(C)cc1C. The molecule has 0 saturated carbocycles. The highest BCUT2D eigenvalue weighted by Crippen LogP contribution is 2.21. The molecule has 0 bridgehead atoms. The highest BCUT2D eigenvalue weighted by molar-refractivity contribution is 9.10. The number of benzene rings is 1. The molecule has 1 aromatic heterocycles. The zero-order valence-corrected chi connectivity index (χ0v) is 14.7. The van der Waals surface area contributed by atoms with E-state index >= 15 is 0 Å². The highest BCUT2D eigenvalue weighted by atomic mass is 79.9. The standard InChI is InChI=1S/C16H17BrN4O2/c1-10-8-11(2)20(18-10)9-15-21(12(3)22)19-16(23-15)13-4-6-14(17)7-5-13/h4-8,15H,9H2,1-3H3. The molecule has 1 amide bonds. The molecule has 23 heavy (non-hydrogen) atoms. The van der Waals surface area contributed by atoms with Gasteiger partial charge in [-0.15, -0.1) is 5.10 Å². The third-order valence-corrected chi connectivity index (χ3v) is 4.09. The van der Waals surface area contributed by atoms with Crippen molar-refractivity contribution < 1.29 is 9.53 Å². The Morgan fingerprint density at radius 2 is 2.00 bits per heavy atom. The van der Waals surface area contributed by atoms with Crippen molar-refractivity contribution in [2.24, 2.45) is 5.10 Å². The third-order valence-electron chi connectivity index (χ3n) is 3.57. The maximum Gasteiger partial charge on any atom is 0.243 e. The molecule has 0 spiro atoms. The zero-order valence-electron chi connectivity index (χ0n) is 13.2. The van der Waals surface area contributed by atoms with Crippen LogP contribution in [-0.2, 0) is 16.1 Å². The quantitative estimate of drug-likeness (QED) is 0.827. The number of hydrogen-bond donors (Lipinski definition) is 0. The lowest BCUT2D eigenvalue weighted by atomic mass is 10.2. The summed E-state index contributed by atoms with van der Waals surface area (Å²) in [6, 6.07) is 9.60. The Labute approximate surface area is 142 Å². The molecule has 120 valence electrons. The summed E-state index contributed by atoms with van der Waals surface area (Å²) in [7, 11) is 0. The molecule has 1 atom stereocenters. The van der Waals surface area contributed by atoms with Crippen molar-refractivity contribution in [3.05, 3.63) is 51.8 Å². The number of hydrogen-bond acceptors (Lipinski definition) is 4. The van der Waals surface area contributed by atoms with Gasteiger partial charge in [-0.25, -0.2) is 0 Å².